The zero-order valence-corrected chi connectivity index (χ0v) is 14.7. The molecular weight excluding hydrogens is 331 g/mol. The fraction of sp³-hybridized carbons (Fsp3) is 0.286. The number of nitrogens with one attached hydrogen (secondary N) is 1. The van der Waals surface area contributed by atoms with Crippen LogP contribution in [0.15, 0.2) is 48.5 Å². The summed E-state index contributed by atoms with van der Waals surface area (Å²) in [7, 11) is 1.62. The summed E-state index contributed by atoms with van der Waals surface area (Å²) in [5.41, 5.74) is 2.39. The molecule has 4 rings (SSSR count). The Morgan fingerprint density at radius 3 is 2.96 bits per heavy atom. The highest BCUT2D eigenvalue weighted by Gasteiger charge is 2.30. The average Bonchev–Trinajstić information content (AvgIpc) is 3.27. The lowest BCUT2D eigenvalue weighted by atomic mass is 10.0. The number of aromatic nitrogens is 1. The van der Waals surface area contributed by atoms with Crippen LogP contribution >= 0.6 is 0 Å². The number of H-pyrrole nitrogens is 1. The second-order valence-electron chi connectivity index (χ2n) is 6.76. The van der Waals surface area contributed by atoms with E-state index in [1.807, 2.05) is 35.2 Å². The summed E-state index contributed by atoms with van der Waals surface area (Å²) >= 11 is 0. The van der Waals surface area contributed by atoms with Crippen LogP contribution < -0.4 is 4.74 Å². The molecule has 134 valence electrons. The summed E-state index contributed by atoms with van der Waals surface area (Å²) < 4.78 is 18.7. The largest absolute Gasteiger partial charge is 0.497 e. The number of aromatic amines is 1. The number of nitrogens with zero attached hydrogens (tertiary/aromatic N) is 1. The minimum absolute atomic E-state index is 0.000861. The molecule has 1 N–H and O–H groups in total. The van der Waals surface area contributed by atoms with Gasteiger partial charge in [0.15, 0.2) is 0 Å². The second kappa shape index (κ2) is 6.83. The Bertz CT molecular complexity index is 950. The maximum absolute atomic E-state index is 13.4. The van der Waals surface area contributed by atoms with E-state index in [9.17, 15) is 9.18 Å². The lowest BCUT2D eigenvalue weighted by Gasteiger charge is -2.24. The van der Waals surface area contributed by atoms with Gasteiger partial charge in [-0.3, -0.25) is 4.79 Å². The van der Waals surface area contributed by atoms with Crippen LogP contribution in [0.25, 0.3) is 10.9 Å². The number of amides is 1. The zero-order chi connectivity index (χ0) is 18.1. The molecule has 0 saturated carbocycles. The van der Waals surface area contributed by atoms with Crippen molar-refractivity contribution < 1.29 is 13.9 Å². The van der Waals surface area contributed by atoms with Gasteiger partial charge in [0, 0.05) is 29.6 Å². The first-order valence-corrected chi connectivity index (χ1v) is 8.86. The van der Waals surface area contributed by atoms with Crippen molar-refractivity contribution in [1.82, 2.24) is 9.88 Å². The molecule has 5 heteroatoms. The summed E-state index contributed by atoms with van der Waals surface area (Å²) in [6.07, 6.45) is 2.59. The number of carbonyl (C=O) groups excluding carboxylic acids is 1. The summed E-state index contributed by atoms with van der Waals surface area (Å²) in [4.78, 5) is 18.1. The maximum Gasteiger partial charge on any atom is 0.270 e. The molecule has 1 aromatic heterocycles. The normalized spacial score (nSPS) is 17.0. The highest BCUT2D eigenvalue weighted by molar-refractivity contribution is 5.98. The van der Waals surface area contributed by atoms with Gasteiger partial charge in [0.2, 0.25) is 0 Å². The van der Waals surface area contributed by atoms with E-state index in [1.165, 1.54) is 6.07 Å². The number of methoxy groups -OCH3 is 1. The zero-order valence-electron chi connectivity index (χ0n) is 14.7. The van der Waals surface area contributed by atoms with Crippen LogP contribution in [0, 0.1) is 5.82 Å². The standard InChI is InChI=1S/C21H21FN2O2/c1-26-18-8-7-15-12-20(23-19(15)13-18)21(25)24-9-3-6-17(24)11-14-4-2-5-16(22)10-14/h2,4-5,7-8,10,12-13,17,23H,3,6,9,11H2,1H3. The number of halogens is 1. The number of benzene rings is 2. The molecule has 4 nitrogen and oxygen atoms in total. The molecule has 1 saturated heterocycles. The minimum Gasteiger partial charge on any atom is -0.497 e. The Balaban J connectivity index is 1.56. The number of rotatable bonds is 4. The van der Waals surface area contributed by atoms with Gasteiger partial charge in [0.05, 0.1) is 7.11 Å². The third-order valence-corrected chi connectivity index (χ3v) is 5.06. The van der Waals surface area contributed by atoms with E-state index in [0.717, 1.165) is 41.6 Å². The summed E-state index contributed by atoms with van der Waals surface area (Å²) in [5, 5.41) is 0.982. The third kappa shape index (κ3) is 3.17. The van der Waals surface area contributed by atoms with Gasteiger partial charge in [0.1, 0.15) is 17.3 Å². The quantitative estimate of drug-likeness (QED) is 0.766. The number of likely N-dealkylation sites (tertiary alicyclic amines) is 1. The molecule has 0 bridgehead atoms. The van der Waals surface area contributed by atoms with Gasteiger partial charge in [-0.2, -0.15) is 0 Å². The summed E-state index contributed by atoms with van der Waals surface area (Å²) in [6.45, 7) is 0.734. The molecule has 1 aliphatic heterocycles. The number of ether oxygens (including phenoxy) is 1. The third-order valence-electron chi connectivity index (χ3n) is 5.06. The Morgan fingerprint density at radius 1 is 1.27 bits per heavy atom. The summed E-state index contributed by atoms with van der Waals surface area (Å²) in [5.74, 6) is 0.519. The second-order valence-corrected chi connectivity index (χ2v) is 6.76. The van der Waals surface area contributed by atoms with Gasteiger partial charge in [-0.1, -0.05) is 12.1 Å². The molecule has 2 heterocycles. The predicted octanol–water partition coefficient (Wildman–Crippen LogP) is 4.16. The van der Waals surface area contributed by atoms with E-state index < -0.39 is 0 Å². The molecule has 0 spiro atoms. The van der Waals surface area contributed by atoms with Crippen molar-refractivity contribution in [2.75, 3.05) is 13.7 Å². The molecule has 1 unspecified atom stereocenters. The van der Waals surface area contributed by atoms with E-state index in [-0.39, 0.29) is 17.8 Å². The van der Waals surface area contributed by atoms with Crippen LogP contribution in [0.2, 0.25) is 0 Å². The monoisotopic (exact) mass is 352 g/mol. The van der Waals surface area contributed by atoms with Crippen molar-refractivity contribution in [3.63, 3.8) is 0 Å². The van der Waals surface area contributed by atoms with Gasteiger partial charge in [0.25, 0.3) is 5.91 Å². The van der Waals surface area contributed by atoms with E-state index in [4.69, 9.17) is 4.74 Å². The number of fused-ring (bicyclic) bond motifs is 1. The van der Waals surface area contributed by atoms with Gasteiger partial charge in [-0.05, 0) is 55.2 Å². The Hall–Kier alpha value is -2.82. The molecule has 26 heavy (non-hydrogen) atoms. The first kappa shape index (κ1) is 16.6. The molecule has 0 radical (unpaired) electrons. The number of hydrogen-bond donors (Lipinski definition) is 1. The van der Waals surface area contributed by atoms with Gasteiger partial charge in [-0.15, -0.1) is 0 Å². The Labute approximate surface area is 151 Å². The van der Waals surface area contributed by atoms with E-state index in [1.54, 1.807) is 19.2 Å². The van der Waals surface area contributed by atoms with Crippen LogP contribution in [0.1, 0.15) is 28.9 Å². The van der Waals surface area contributed by atoms with Crippen LogP contribution in [0.5, 0.6) is 5.75 Å². The van der Waals surface area contributed by atoms with Gasteiger partial charge < -0.3 is 14.6 Å². The van der Waals surface area contributed by atoms with Crippen LogP contribution in [0.4, 0.5) is 4.39 Å². The van der Waals surface area contributed by atoms with E-state index in [0.29, 0.717) is 12.1 Å². The molecule has 3 aromatic rings. The topological polar surface area (TPSA) is 45.3 Å². The van der Waals surface area contributed by atoms with Crippen LogP contribution in [0.3, 0.4) is 0 Å². The molecular formula is C21H21FN2O2. The number of hydrogen-bond acceptors (Lipinski definition) is 2. The fourth-order valence-electron chi connectivity index (χ4n) is 3.75. The molecule has 1 atom stereocenters. The molecule has 1 amide bonds. The van der Waals surface area contributed by atoms with Gasteiger partial charge in [-0.25, -0.2) is 4.39 Å². The van der Waals surface area contributed by atoms with Crippen LogP contribution in [-0.2, 0) is 6.42 Å². The van der Waals surface area contributed by atoms with E-state index in [2.05, 4.69) is 4.98 Å². The highest BCUT2D eigenvalue weighted by atomic mass is 19.1. The highest BCUT2D eigenvalue weighted by Crippen LogP contribution is 2.26. The lowest BCUT2D eigenvalue weighted by Crippen LogP contribution is -2.37. The molecule has 1 aliphatic rings. The Kier molecular flexibility index (Phi) is 4.37. The first-order valence-electron chi connectivity index (χ1n) is 8.86. The van der Waals surface area contributed by atoms with Crippen molar-refractivity contribution in [3.8, 4) is 5.75 Å². The molecule has 1 fully saturated rings. The summed E-state index contributed by atoms with van der Waals surface area (Å²) in [6, 6.07) is 14.3. The lowest BCUT2D eigenvalue weighted by molar-refractivity contribution is 0.0731. The van der Waals surface area contributed by atoms with Crippen molar-refractivity contribution in [2.45, 2.75) is 25.3 Å². The van der Waals surface area contributed by atoms with Crippen molar-refractivity contribution in [2.24, 2.45) is 0 Å². The predicted molar refractivity (Wildman–Crippen MR) is 99.0 cm³/mol. The number of carbonyl (C=O) groups is 1. The smallest absolute Gasteiger partial charge is 0.270 e. The maximum atomic E-state index is 13.4. The minimum atomic E-state index is -0.233. The average molecular weight is 352 g/mol. The van der Waals surface area contributed by atoms with Crippen molar-refractivity contribution in [3.05, 3.63) is 65.6 Å². The SMILES string of the molecule is COc1ccc2cc(C(=O)N3CCCC3Cc3cccc(F)c3)[nH]c2c1. The molecule has 0 aliphatic carbocycles. The van der Waals surface area contributed by atoms with Gasteiger partial charge >= 0.3 is 0 Å². The first-order chi connectivity index (χ1) is 12.6. The fourth-order valence-corrected chi connectivity index (χ4v) is 3.75. The van der Waals surface area contributed by atoms with Crippen molar-refractivity contribution in [1.29, 1.82) is 0 Å². The van der Waals surface area contributed by atoms with Crippen LogP contribution in [-0.4, -0.2) is 35.5 Å². The van der Waals surface area contributed by atoms with E-state index >= 15 is 0 Å². The van der Waals surface area contributed by atoms with Crippen molar-refractivity contribution >= 4 is 16.8 Å². The molecule has 2 aromatic carbocycles. The Morgan fingerprint density at radius 2 is 2.15 bits per heavy atom.